The molecular weight excluding hydrogens is 188 g/mol. The molecule has 0 aliphatic carbocycles. The van der Waals surface area contributed by atoms with Crippen LogP contribution in [-0.2, 0) is 4.74 Å². The average Bonchev–Trinajstić information content (AvgIpc) is 2.24. The highest BCUT2D eigenvalue weighted by Crippen LogP contribution is 2.09. The minimum atomic E-state index is -0.450. The lowest BCUT2D eigenvalue weighted by Gasteiger charge is -2.20. The van der Waals surface area contributed by atoms with E-state index >= 15 is 0 Å². The largest absolute Gasteiger partial charge is 0.381 e. The molecule has 15 heavy (non-hydrogen) atoms. The fourth-order valence-corrected chi connectivity index (χ4v) is 1.37. The van der Waals surface area contributed by atoms with Gasteiger partial charge >= 0.3 is 0 Å². The van der Waals surface area contributed by atoms with Crippen molar-refractivity contribution in [2.45, 2.75) is 45.6 Å². The van der Waals surface area contributed by atoms with E-state index in [-0.39, 0.29) is 0 Å². The molecule has 0 aliphatic rings. The minimum absolute atomic E-state index is 0.450. The van der Waals surface area contributed by atoms with Gasteiger partial charge < -0.3 is 10.1 Å². The van der Waals surface area contributed by atoms with E-state index in [0.29, 0.717) is 12.5 Å². The van der Waals surface area contributed by atoms with Crippen LogP contribution in [0.3, 0.4) is 0 Å². The summed E-state index contributed by atoms with van der Waals surface area (Å²) >= 11 is 0. The molecule has 0 rings (SSSR count). The average molecular weight is 212 g/mol. The Hall–Kier alpha value is -0.590. The summed E-state index contributed by atoms with van der Waals surface area (Å²) in [6.07, 6.45) is 3.15. The van der Waals surface area contributed by atoms with Crippen LogP contribution in [0.1, 0.15) is 40.0 Å². The number of hydrogen-bond donors (Lipinski definition) is 1. The van der Waals surface area contributed by atoms with Crippen LogP contribution in [0.5, 0.6) is 0 Å². The summed E-state index contributed by atoms with van der Waals surface area (Å²) in [5.74, 6) is 0.623. The Morgan fingerprint density at radius 2 is 2.20 bits per heavy atom. The number of nitriles is 1. The Kier molecular flexibility index (Phi) is 7.37. The highest BCUT2D eigenvalue weighted by atomic mass is 16.5. The van der Waals surface area contributed by atoms with E-state index in [1.165, 1.54) is 12.8 Å². The summed E-state index contributed by atoms with van der Waals surface area (Å²) in [6, 6.07) is 2.25. The van der Waals surface area contributed by atoms with Gasteiger partial charge in [-0.25, -0.2) is 0 Å². The zero-order valence-electron chi connectivity index (χ0n) is 10.5. The molecule has 1 N–H and O–H groups in total. The van der Waals surface area contributed by atoms with Crippen molar-refractivity contribution >= 4 is 0 Å². The lowest BCUT2D eigenvalue weighted by atomic mass is 10.0. The molecule has 0 saturated carbocycles. The normalized spacial score (nSPS) is 16.7. The molecule has 0 saturated heterocycles. The predicted octanol–water partition coefficient (Wildman–Crippen LogP) is 2.33. The topological polar surface area (TPSA) is 45.0 Å². The van der Waals surface area contributed by atoms with Crippen LogP contribution < -0.4 is 5.32 Å². The Morgan fingerprint density at radius 1 is 1.53 bits per heavy atom. The molecule has 3 nitrogen and oxygen atoms in total. The van der Waals surface area contributed by atoms with Crippen molar-refractivity contribution in [2.75, 3.05) is 20.3 Å². The summed E-state index contributed by atoms with van der Waals surface area (Å²) in [6.45, 7) is 7.74. The number of nitrogens with one attached hydrogen (secondary N) is 1. The van der Waals surface area contributed by atoms with Crippen LogP contribution in [0.15, 0.2) is 0 Å². The van der Waals surface area contributed by atoms with Gasteiger partial charge in [-0.2, -0.15) is 5.26 Å². The van der Waals surface area contributed by atoms with E-state index in [2.05, 4.69) is 25.2 Å². The minimum Gasteiger partial charge on any atom is -0.381 e. The Bertz CT molecular complexity index is 200. The number of ether oxygens (including phenoxy) is 1. The summed E-state index contributed by atoms with van der Waals surface area (Å²) in [7, 11) is 1.81. The zero-order valence-corrected chi connectivity index (χ0v) is 10.5. The first-order chi connectivity index (χ1) is 7.08. The van der Waals surface area contributed by atoms with E-state index in [1.807, 2.05) is 14.0 Å². The molecule has 2 unspecified atom stereocenters. The van der Waals surface area contributed by atoms with E-state index < -0.39 is 5.54 Å². The molecule has 0 aromatic rings. The van der Waals surface area contributed by atoms with Gasteiger partial charge in [0.2, 0.25) is 0 Å². The van der Waals surface area contributed by atoms with Crippen molar-refractivity contribution in [3.05, 3.63) is 0 Å². The quantitative estimate of drug-likeness (QED) is 0.628. The molecule has 0 heterocycles. The van der Waals surface area contributed by atoms with Gasteiger partial charge in [-0.05, 0) is 26.3 Å². The van der Waals surface area contributed by atoms with Crippen molar-refractivity contribution in [3.63, 3.8) is 0 Å². The van der Waals surface area contributed by atoms with Gasteiger partial charge in [0, 0.05) is 19.6 Å². The molecular formula is C12H24N2O. The summed E-state index contributed by atoms with van der Waals surface area (Å²) < 4.78 is 5.56. The predicted molar refractivity (Wildman–Crippen MR) is 62.6 cm³/mol. The molecule has 0 spiro atoms. The Labute approximate surface area is 93.8 Å². The van der Waals surface area contributed by atoms with E-state index in [0.717, 1.165) is 13.0 Å². The third-order valence-electron chi connectivity index (χ3n) is 2.73. The molecule has 0 aromatic carbocycles. The molecule has 3 heteroatoms. The van der Waals surface area contributed by atoms with Crippen LogP contribution in [0, 0.1) is 17.2 Å². The van der Waals surface area contributed by atoms with Crippen molar-refractivity contribution < 1.29 is 4.74 Å². The summed E-state index contributed by atoms with van der Waals surface area (Å²) in [5, 5.41) is 11.9. The van der Waals surface area contributed by atoms with Crippen molar-refractivity contribution in [1.82, 2.24) is 5.32 Å². The molecule has 0 aromatic heterocycles. The maximum absolute atomic E-state index is 8.91. The van der Waals surface area contributed by atoms with Gasteiger partial charge in [-0.3, -0.25) is 0 Å². The van der Waals surface area contributed by atoms with Crippen molar-refractivity contribution in [3.8, 4) is 6.07 Å². The smallest absolute Gasteiger partial charge is 0.105 e. The lowest BCUT2D eigenvalue weighted by molar-refractivity contribution is 0.0902. The summed E-state index contributed by atoms with van der Waals surface area (Å²) in [4.78, 5) is 0. The van der Waals surface area contributed by atoms with Crippen LogP contribution >= 0.6 is 0 Å². The SMILES string of the molecule is CCCC(C)COCCC(C)(C#N)NC. The van der Waals surface area contributed by atoms with Gasteiger partial charge in [-0.1, -0.05) is 20.3 Å². The third kappa shape index (κ3) is 6.48. The maximum atomic E-state index is 8.91. The van der Waals surface area contributed by atoms with Gasteiger partial charge in [0.25, 0.3) is 0 Å². The molecule has 0 amide bonds. The second kappa shape index (κ2) is 7.67. The third-order valence-corrected chi connectivity index (χ3v) is 2.73. The Morgan fingerprint density at radius 3 is 2.67 bits per heavy atom. The first kappa shape index (κ1) is 14.4. The molecule has 2 atom stereocenters. The second-order valence-corrected chi connectivity index (χ2v) is 4.41. The summed E-state index contributed by atoms with van der Waals surface area (Å²) in [5.41, 5.74) is -0.450. The van der Waals surface area contributed by atoms with Crippen LogP contribution in [0.2, 0.25) is 0 Å². The van der Waals surface area contributed by atoms with E-state index in [9.17, 15) is 0 Å². The van der Waals surface area contributed by atoms with E-state index in [1.54, 1.807) is 0 Å². The zero-order chi connectivity index (χ0) is 11.7. The second-order valence-electron chi connectivity index (χ2n) is 4.41. The number of hydrogen-bond acceptors (Lipinski definition) is 3. The molecule has 0 aliphatic heterocycles. The van der Waals surface area contributed by atoms with Crippen molar-refractivity contribution in [2.24, 2.45) is 5.92 Å². The molecule has 88 valence electrons. The fourth-order valence-electron chi connectivity index (χ4n) is 1.37. The maximum Gasteiger partial charge on any atom is 0.105 e. The molecule has 0 fully saturated rings. The van der Waals surface area contributed by atoms with Crippen LogP contribution in [0.25, 0.3) is 0 Å². The monoisotopic (exact) mass is 212 g/mol. The van der Waals surface area contributed by atoms with Gasteiger partial charge in [0.1, 0.15) is 5.54 Å². The van der Waals surface area contributed by atoms with Gasteiger partial charge in [0.05, 0.1) is 6.07 Å². The van der Waals surface area contributed by atoms with Crippen LogP contribution in [0.4, 0.5) is 0 Å². The first-order valence-electron chi connectivity index (χ1n) is 5.76. The number of nitrogens with zero attached hydrogens (tertiary/aromatic N) is 1. The number of rotatable bonds is 8. The first-order valence-corrected chi connectivity index (χ1v) is 5.76. The molecule has 0 bridgehead atoms. The molecule has 0 radical (unpaired) electrons. The van der Waals surface area contributed by atoms with Gasteiger partial charge in [-0.15, -0.1) is 0 Å². The standard InChI is InChI=1S/C12H24N2O/c1-5-6-11(2)9-15-8-7-12(3,10-13)14-4/h11,14H,5-9H2,1-4H3. The van der Waals surface area contributed by atoms with Crippen molar-refractivity contribution in [1.29, 1.82) is 5.26 Å². The Balaban J connectivity index is 3.58. The van der Waals surface area contributed by atoms with E-state index in [4.69, 9.17) is 10.00 Å². The van der Waals surface area contributed by atoms with Gasteiger partial charge in [0.15, 0.2) is 0 Å². The highest BCUT2D eigenvalue weighted by Gasteiger charge is 2.20. The lowest BCUT2D eigenvalue weighted by Crippen LogP contribution is -2.39. The highest BCUT2D eigenvalue weighted by molar-refractivity contribution is 5.02. The fraction of sp³-hybridized carbons (Fsp3) is 0.917. The van der Waals surface area contributed by atoms with Crippen LogP contribution in [-0.4, -0.2) is 25.8 Å².